The van der Waals surface area contributed by atoms with E-state index in [1.165, 1.54) is 48.6 Å². The molecule has 1 aromatic heterocycles. The second kappa shape index (κ2) is 34.5. The van der Waals surface area contributed by atoms with Crippen LogP contribution in [0.25, 0.3) is 0 Å². The zero-order chi connectivity index (χ0) is 59.5. The molecule has 2 aromatic rings. The van der Waals surface area contributed by atoms with E-state index in [-0.39, 0.29) is 62.5 Å². The molecule has 440 valence electrons. The van der Waals surface area contributed by atoms with Crippen LogP contribution in [-0.4, -0.2) is 182 Å². The molecule has 1 heterocycles. The van der Waals surface area contributed by atoms with E-state index in [1.807, 2.05) is 0 Å². The first-order chi connectivity index (χ1) is 37.2. The van der Waals surface area contributed by atoms with Gasteiger partial charge in [-0.2, -0.15) is 11.8 Å². The van der Waals surface area contributed by atoms with Gasteiger partial charge in [0.15, 0.2) is 0 Å². The fraction of sp³-hybridized carbons (Fsp3) is 0.600. The minimum Gasteiger partial charge on any atom is -0.508 e. The molecular formula is C50H79N13O15S. The van der Waals surface area contributed by atoms with Gasteiger partial charge in [-0.05, 0) is 73.1 Å². The Hall–Kier alpha value is -7.37. The van der Waals surface area contributed by atoms with Gasteiger partial charge in [0.25, 0.3) is 0 Å². The van der Waals surface area contributed by atoms with Crippen LogP contribution in [0.4, 0.5) is 0 Å². The third kappa shape index (κ3) is 24.9. The van der Waals surface area contributed by atoms with Crippen LogP contribution in [0.15, 0.2) is 36.8 Å². The predicted octanol–water partition coefficient (Wildman–Crippen LogP) is -3.94. The topological polar surface area (TPSA) is 458 Å². The van der Waals surface area contributed by atoms with Crippen LogP contribution in [-0.2, 0) is 65.6 Å². The fourth-order valence-electron chi connectivity index (χ4n) is 7.59. The highest BCUT2D eigenvalue weighted by Crippen LogP contribution is 2.14. The number of aromatic hydroxyl groups is 1. The molecule has 1 aromatic carbocycles. The summed E-state index contributed by atoms with van der Waals surface area (Å²) in [5, 5.41) is 61.6. The van der Waals surface area contributed by atoms with Crippen molar-refractivity contribution in [2.24, 2.45) is 29.2 Å². The summed E-state index contributed by atoms with van der Waals surface area (Å²) in [6.45, 7) is 7.62. The molecule has 0 fully saturated rings. The van der Waals surface area contributed by atoms with Gasteiger partial charge in [-0.15, -0.1) is 0 Å². The second-order valence-corrected chi connectivity index (χ2v) is 20.9. The molecule has 0 radical (unpaired) electrons. The number of H-pyrrole nitrogens is 1. The number of nitrogens with zero attached hydrogens (tertiary/aromatic N) is 1. The largest absolute Gasteiger partial charge is 0.508 e. The summed E-state index contributed by atoms with van der Waals surface area (Å²) >= 11 is 1.36. The van der Waals surface area contributed by atoms with Gasteiger partial charge in [0.05, 0.1) is 26.1 Å². The number of aliphatic carboxylic acids is 1. The molecule has 0 aliphatic rings. The molecule has 79 heavy (non-hydrogen) atoms. The Bertz CT molecular complexity index is 2360. The Labute approximate surface area is 462 Å². The average Bonchev–Trinajstić information content (AvgIpc) is 3.91. The van der Waals surface area contributed by atoms with Crippen molar-refractivity contribution >= 4 is 76.8 Å². The quantitative estimate of drug-likeness (QED) is 0.0310. The lowest BCUT2D eigenvalue weighted by molar-refractivity contribution is -0.142. The first-order valence-corrected chi connectivity index (χ1v) is 27.0. The summed E-state index contributed by atoms with van der Waals surface area (Å²) in [6.07, 6.45) is 3.60. The lowest BCUT2D eigenvalue weighted by Gasteiger charge is -2.28. The third-order valence-electron chi connectivity index (χ3n) is 11.9. The van der Waals surface area contributed by atoms with Gasteiger partial charge in [-0.3, -0.25) is 47.9 Å². The van der Waals surface area contributed by atoms with Gasteiger partial charge in [0.2, 0.25) is 59.1 Å². The molecule has 10 amide bonds. The van der Waals surface area contributed by atoms with Crippen LogP contribution in [0.5, 0.6) is 5.75 Å². The highest BCUT2D eigenvalue weighted by Gasteiger charge is 2.35. The maximum Gasteiger partial charge on any atom is 0.326 e. The summed E-state index contributed by atoms with van der Waals surface area (Å²) in [5.74, 6) is -11.0. The summed E-state index contributed by atoms with van der Waals surface area (Å²) in [7, 11) is 0. The molecule has 18 N–H and O–H groups in total. The van der Waals surface area contributed by atoms with Gasteiger partial charge in [-0.1, -0.05) is 53.7 Å². The Balaban J connectivity index is 2.26. The molecule has 0 aliphatic carbocycles. The summed E-state index contributed by atoms with van der Waals surface area (Å²) in [4.78, 5) is 153. The fourth-order valence-corrected chi connectivity index (χ4v) is 8.06. The number of aromatic nitrogens is 2. The summed E-state index contributed by atoms with van der Waals surface area (Å²) in [6, 6.07) is -6.90. The number of nitrogens with one attached hydrogen (secondary N) is 10. The molecule has 0 saturated heterocycles. The lowest BCUT2D eigenvalue weighted by Crippen LogP contribution is -2.61. The van der Waals surface area contributed by atoms with Gasteiger partial charge >= 0.3 is 5.97 Å². The monoisotopic (exact) mass is 1130 g/mol. The maximum absolute atomic E-state index is 14.0. The standard InChI is InChI=1S/C50H79N13O15S/c1-25(2)16-34(59-42(69)31(51)22-64)45(72)57-32(12-13-39(52)67)43(70)60-35(17-26(3)4)46(73)62-38(23-65)48(75)63-41(27(5)6)49(76)54-21-40(68)56-36(18-28-8-10-30(66)11-9-28)47(74)58-33(14-15-79-7)44(71)61-37(50(77)78)19-29-20-53-24-55-29/h8-11,20,24-27,31-38,41,64-66H,12-19,21-23,51H2,1-7H3,(H2,52,67)(H,53,55)(H,54,76)(H,56,68)(H,57,72)(H,58,74)(H,59,69)(H,60,70)(H,61,71)(H,62,73)(H,63,75)(H,77,78)/t31-,32-,33-,34-,35-,36-,37-,38-,41-/m0/s1. The zero-order valence-corrected chi connectivity index (χ0v) is 46.3. The first kappa shape index (κ1) is 67.7. The number of aliphatic hydroxyl groups is 2. The number of aromatic amines is 1. The van der Waals surface area contributed by atoms with Crippen LogP contribution in [0.2, 0.25) is 0 Å². The molecule has 2 rings (SSSR count). The number of thioether (sulfide) groups is 1. The number of carbonyl (C=O) groups is 11. The second-order valence-electron chi connectivity index (χ2n) is 19.9. The molecule has 0 saturated carbocycles. The first-order valence-electron chi connectivity index (χ1n) is 25.6. The van der Waals surface area contributed by atoms with E-state index in [4.69, 9.17) is 11.5 Å². The Morgan fingerprint density at radius 3 is 1.58 bits per heavy atom. The minimum absolute atomic E-state index is 0.0378. The highest BCUT2D eigenvalue weighted by atomic mass is 32.2. The highest BCUT2D eigenvalue weighted by molar-refractivity contribution is 7.98. The smallest absolute Gasteiger partial charge is 0.326 e. The Morgan fingerprint density at radius 1 is 0.608 bits per heavy atom. The van der Waals surface area contributed by atoms with E-state index in [9.17, 15) is 73.2 Å². The molecule has 0 unspecified atom stereocenters. The molecule has 29 heteroatoms. The van der Waals surface area contributed by atoms with Crippen molar-refractivity contribution in [1.82, 2.24) is 57.8 Å². The van der Waals surface area contributed by atoms with Crippen LogP contribution in [0, 0.1) is 17.8 Å². The molecule has 28 nitrogen and oxygen atoms in total. The van der Waals surface area contributed by atoms with Crippen LogP contribution < -0.4 is 59.3 Å². The van der Waals surface area contributed by atoms with Gasteiger partial charge in [0.1, 0.15) is 60.1 Å². The molecule has 0 spiro atoms. The molecule has 9 atom stereocenters. The van der Waals surface area contributed by atoms with Crippen molar-refractivity contribution < 1.29 is 73.2 Å². The maximum atomic E-state index is 14.0. The van der Waals surface area contributed by atoms with E-state index in [0.717, 1.165) is 0 Å². The number of hydrogen-bond acceptors (Lipinski definition) is 17. The van der Waals surface area contributed by atoms with E-state index < -0.39 is 145 Å². The normalized spacial score (nSPS) is 14.6. The van der Waals surface area contributed by atoms with E-state index in [0.29, 0.717) is 17.0 Å². The predicted molar refractivity (Wildman–Crippen MR) is 288 cm³/mol. The molecular weight excluding hydrogens is 1050 g/mol. The summed E-state index contributed by atoms with van der Waals surface area (Å²) in [5.41, 5.74) is 11.9. The number of amides is 10. The Kier molecular flexibility index (Phi) is 29.6. The minimum atomic E-state index is -1.71. The van der Waals surface area contributed by atoms with Crippen LogP contribution in [0.1, 0.15) is 84.9 Å². The average molecular weight is 1130 g/mol. The van der Waals surface area contributed by atoms with Crippen molar-refractivity contribution in [3.63, 3.8) is 0 Å². The zero-order valence-electron chi connectivity index (χ0n) is 45.5. The van der Waals surface area contributed by atoms with Gasteiger partial charge in [-0.25, -0.2) is 9.78 Å². The summed E-state index contributed by atoms with van der Waals surface area (Å²) < 4.78 is 0. The van der Waals surface area contributed by atoms with Crippen molar-refractivity contribution in [2.75, 3.05) is 31.8 Å². The van der Waals surface area contributed by atoms with Crippen molar-refractivity contribution in [1.29, 1.82) is 0 Å². The number of benzene rings is 1. The van der Waals surface area contributed by atoms with Crippen molar-refractivity contribution in [3.8, 4) is 5.75 Å². The molecule has 0 aliphatic heterocycles. The number of nitrogens with two attached hydrogens (primary N) is 2. The third-order valence-corrected chi connectivity index (χ3v) is 12.5. The number of hydrogen-bond donors (Lipinski definition) is 16. The van der Waals surface area contributed by atoms with E-state index in [2.05, 4.69) is 57.8 Å². The number of imidazole rings is 1. The number of primary amides is 1. The number of aliphatic hydroxyl groups excluding tert-OH is 2. The van der Waals surface area contributed by atoms with Crippen LogP contribution >= 0.6 is 11.8 Å². The number of carboxylic acids is 1. The van der Waals surface area contributed by atoms with Crippen molar-refractivity contribution in [3.05, 3.63) is 48.0 Å². The molecule has 0 bridgehead atoms. The number of rotatable bonds is 36. The SMILES string of the molecule is CSCC[C@H](NC(=O)[C@H](Cc1ccc(O)cc1)NC(=O)CNC(=O)[C@@H](NC(=O)[C@H](CO)NC(=O)[C@H](CC(C)C)NC(=O)[C@H](CCC(N)=O)NC(=O)[C@H](CC(C)C)NC(=O)[C@@H](N)CO)C(C)C)C(=O)N[C@@H](Cc1cnc[nH]1)C(=O)O. The van der Waals surface area contributed by atoms with Crippen LogP contribution in [0.3, 0.4) is 0 Å². The number of carbonyl (C=O) groups excluding carboxylic acids is 10. The van der Waals surface area contributed by atoms with Gasteiger partial charge < -0.3 is 84.7 Å². The number of carboxylic acid groups (broad SMARTS) is 1. The number of phenolic OH excluding ortho intramolecular Hbond substituents is 1. The van der Waals surface area contributed by atoms with Crippen molar-refractivity contribution in [2.45, 2.75) is 141 Å². The van der Waals surface area contributed by atoms with E-state index in [1.54, 1.807) is 47.8 Å². The van der Waals surface area contributed by atoms with E-state index >= 15 is 0 Å². The number of phenols is 1. The Morgan fingerprint density at radius 2 is 1.10 bits per heavy atom. The van der Waals surface area contributed by atoms with Gasteiger partial charge in [0, 0.05) is 31.2 Å². The lowest BCUT2D eigenvalue weighted by atomic mass is 10.00.